The van der Waals surface area contributed by atoms with Crippen LogP contribution in [-0.4, -0.2) is 21.6 Å². The van der Waals surface area contributed by atoms with Gasteiger partial charge < -0.3 is 10.1 Å². The van der Waals surface area contributed by atoms with Crippen LogP contribution in [0.3, 0.4) is 0 Å². The number of rotatable bonds is 5. The Morgan fingerprint density at radius 1 is 1.17 bits per heavy atom. The van der Waals surface area contributed by atoms with Crippen LogP contribution in [0.1, 0.15) is 5.69 Å². The first-order valence-corrected chi connectivity index (χ1v) is 5.13. The molecule has 0 aromatic carbocycles. The standard InChI is InChI=1S/C11H10F2N4O/c12-11(13)18-9-2-1-8(16-6-9)5-17-10-7-14-3-4-15-10/h1-4,6-7,11H,5H2,(H,15,17). The lowest BCUT2D eigenvalue weighted by Gasteiger charge is -2.06. The van der Waals surface area contributed by atoms with E-state index in [0.29, 0.717) is 18.1 Å². The molecule has 0 unspecified atom stereocenters. The summed E-state index contributed by atoms with van der Waals surface area (Å²) < 4.78 is 28.0. The van der Waals surface area contributed by atoms with Gasteiger partial charge in [0.15, 0.2) is 0 Å². The normalized spacial score (nSPS) is 10.4. The quantitative estimate of drug-likeness (QED) is 0.882. The van der Waals surface area contributed by atoms with Crippen molar-refractivity contribution in [1.82, 2.24) is 15.0 Å². The van der Waals surface area contributed by atoms with Crippen LogP contribution in [0.4, 0.5) is 14.6 Å². The number of anilines is 1. The molecule has 0 aliphatic heterocycles. The van der Waals surface area contributed by atoms with E-state index in [2.05, 4.69) is 25.0 Å². The highest BCUT2D eigenvalue weighted by Crippen LogP contribution is 2.12. The van der Waals surface area contributed by atoms with E-state index in [9.17, 15) is 8.78 Å². The third-order valence-electron chi connectivity index (χ3n) is 2.04. The van der Waals surface area contributed by atoms with Crippen LogP contribution in [0.5, 0.6) is 5.75 Å². The van der Waals surface area contributed by atoms with Crippen molar-refractivity contribution in [3.05, 3.63) is 42.6 Å². The Hall–Kier alpha value is -2.31. The molecule has 1 N–H and O–H groups in total. The van der Waals surface area contributed by atoms with Gasteiger partial charge >= 0.3 is 6.61 Å². The van der Waals surface area contributed by atoms with Crippen molar-refractivity contribution in [2.45, 2.75) is 13.2 Å². The van der Waals surface area contributed by atoms with Crippen LogP contribution in [0.25, 0.3) is 0 Å². The second kappa shape index (κ2) is 5.85. The van der Waals surface area contributed by atoms with E-state index >= 15 is 0 Å². The summed E-state index contributed by atoms with van der Waals surface area (Å²) in [5.74, 6) is 0.653. The van der Waals surface area contributed by atoms with E-state index in [1.165, 1.54) is 12.3 Å². The van der Waals surface area contributed by atoms with Crippen LogP contribution >= 0.6 is 0 Å². The summed E-state index contributed by atoms with van der Waals surface area (Å²) >= 11 is 0. The molecule has 0 atom stereocenters. The fourth-order valence-electron chi connectivity index (χ4n) is 1.26. The zero-order valence-corrected chi connectivity index (χ0v) is 9.25. The maximum Gasteiger partial charge on any atom is 0.387 e. The molecule has 94 valence electrons. The molecule has 0 radical (unpaired) electrons. The molecule has 0 fully saturated rings. The SMILES string of the molecule is FC(F)Oc1ccc(CNc2cnccn2)nc1. The first kappa shape index (κ1) is 12.2. The van der Waals surface area contributed by atoms with Crippen LogP contribution in [0.2, 0.25) is 0 Å². The molecule has 5 nitrogen and oxygen atoms in total. The highest BCUT2D eigenvalue weighted by Gasteiger charge is 2.04. The Balaban J connectivity index is 1.90. The largest absolute Gasteiger partial charge is 0.433 e. The number of aromatic nitrogens is 3. The predicted octanol–water partition coefficient (Wildman–Crippen LogP) is 2.09. The summed E-state index contributed by atoms with van der Waals surface area (Å²) in [5, 5.41) is 3.00. The Bertz CT molecular complexity index is 478. The van der Waals surface area contributed by atoms with E-state index in [-0.39, 0.29) is 5.75 Å². The number of alkyl halides is 2. The molecular formula is C11H10F2N4O. The first-order chi connectivity index (χ1) is 8.74. The van der Waals surface area contributed by atoms with Gasteiger partial charge in [-0.25, -0.2) is 4.98 Å². The zero-order valence-electron chi connectivity index (χ0n) is 9.25. The summed E-state index contributed by atoms with van der Waals surface area (Å²) in [6, 6.07) is 3.04. The average molecular weight is 252 g/mol. The molecule has 0 saturated heterocycles. The molecule has 7 heteroatoms. The van der Waals surface area contributed by atoms with E-state index in [1.54, 1.807) is 24.7 Å². The van der Waals surface area contributed by atoms with Gasteiger partial charge in [-0.05, 0) is 12.1 Å². The minimum atomic E-state index is -2.84. The molecule has 2 heterocycles. The molecule has 2 rings (SSSR count). The number of ether oxygens (including phenoxy) is 1. The Kier molecular flexibility index (Phi) is 3.95. The average Bonchev–Trinajstić information content (AvgIpc) is 2.38. The van der Waals surface area contributed by atoms with E-state index in [1.807, 2.05) is 0 Å². The lowest BCUT2D eigenvalue weighted by atomic mass is 10.3. The second-order valence-electron chi connectivity index (χ2n) is 3.31. The van der Waals surface area contributed by atoms with Gasteiger partial charge in [0.25, 0.3) is 0 Å². The smallest absolute Gasteiger partial charge is 0.387 e. The van der Waals surface area contributed by atoms with Crippen molar-refractivity contribution in [3.63, 3.8) is 0 Å². The lowest BCUT2D eigenvalue weighted by molar-refractivity contribution is -0.0500. The molecule has 18 heavy (non-hydrogen) atoms. The van der Waals surface area contributed by atoms with Crippen molar-refractivity contribution in [3.8, 4) is 5.75 Å². The molecular weight excluding hydrogens is 242 g/mol. The summed E-state index contributed by atoms with van der Waals surface area (Å²) in [6.45, 7) is -2.41. The molecule has 2 aromatic heterocycles. The first-order valence-electron chi connectivity index (χ1n) is 5.13. The van der Waals surface area contributed by atoms with Crippen LogP contribution in [0.15, 0.2) is 36.9 Å². The van der Waals surface area contributed by atoms with Crippen LogP contribution < -0.4 is 10.1 Å². The minimum absolute atomic E-state index is 0.0354. The monoisotopic (exact) mass is 252 g/mol. The summed E-state index contributed by atoms with van der Waals surface area (Å²) in [5.41, 5.74) is 0.683. The maximum atomic E-state index is 11.9. The fourth-order valence-corrected chi connectivity index (χ4v) is 1.26. The van der Waals surface area contributed by atoms with Crippen molar-refractivity contribution >= 4 is 5.82 Å². The third kappa shape index (κ3) is 3.62. The van der Waals surface area contributed by atoms with E-state index in [4.69, 9.17) is 0 Å². The molecule has 0 aliphatic rings. The number of nitrogens with one attached hydrogen (secondary N) is 1. The second-order valence-corrected chi connectivity index (χ2v) is 3.31. The van der Waals surface area contributed by atoms with E-state index in [0.717, 1.165) is 0 Å². The number of halogens is 2. The van der Waals surface area contributed by atoms with Gasteiger partial charge in [0.05, 0.1) is 24.6 Å². The highest BCUT2D eigenvalue weighted by atomic mass is 19.3. The number of hydrogen-bond donors (Lipinski definition) is 1. The van der Waals surface area contributed by atoms with Crippen molar-refractivity contribution in [2.75, 3.05) is 5.32 Å². The van der Waals surface area contributed by atoms with Crippen molar-refractivity contribution in [2.24, 2.45) is 0 Å². The highest BCUT2D eigenvalue weighted by molar-refractivity contribution is 5.31. The third-order valence-corrected chi connectivity index (χ3v) is 2.04. The molecule has 0 saturated carbocycles. The van der Waals surface area contributed by atoms with Gasteiger partial charge in [-0.2, -0.15) is 8.78 Å². The van der Waals surface area contributed by atoms with Gasteiger partial charge in [0, 0.05) is 12.4 Å². The molecule has 0 aliphatic carbocycles. The Morgan fingerprint density at radius 2 is 2.06 bits per heavy atom. The molecule has 2 aromatic rings. The number of hydrogen-bond acceptors (Lipinski definition) is 5. The molecule has 0 amide bonds. The van der Waals surface area contributed by atoms with Crippen molar-refractivity contribution in [1.29, 1.82) is 0 Å². The van der Waals surface area contributed by atoms with Crippen LogP contribution in [0, 0.1) is 0 Å². The van der Waals surface area contributed by atoms with Crippen molar-refractivity contribution < 1.29 is 13.5 Å². The topological polar surface area (TPSA) is 59.9 Å². The van der Waals surface area contributed by atoms with Gasteiger partial charge in [0.1, 0.15) is 11.6 Å². The lowest BCUT2D eigenvalue weighted by Crippen LogP contribution is -2.05. The van der Waals surface area contributed by atoms with Gasteiger partial charge in [-0.15, -0.1) is 0 Å². The summed E-state index contributed by atoms with van der Waals surface area (Å²) in [7, 11) is 0. The molecule has 0 spiro atoms. The summed E-state index contributed by atoms with van der Waals surface area (Å²) in [4.78, 5) is 11.9. The van der Waals surface area contributed by atoms with Gasteiger partial charge in [-0.1, -0.05) is 0 Å². The predicted molar refractivity (Wildman–Crippen MR) is 60.2 cm³/mol. The Labute approximate surface area is 102 Å². The molecule has 0 bridgehead atoms. The van der Waals surface area contributed by atoms with Gasteiger partial charge in [-0.3, -0.25) is 9.97 Å². The Morgan fingerprint density at radius 3 is 2.67 bits per heavy atom. The maximum absolute atomic E-state index is 11.9. The van der Waals surface area contributed by atoms with E-state index < -0.39 is 6.61 Å². The zero-order chi connectivity index (χ0) is 12.8. The summed E-state index contributed by atoms with van der Waals surface area (Å²) in [6.07, 6.45) is 5.96. The van der Waals surface area contributed by atoms with Crippen LogP contribution in [-0.2, 0) is 6.54 Å². The fraction of sp³-hybridized carbons (Fsp3) is 0.182. The minimum Gasteiger partial charge on any atom is -0.433 e. The number of pyridine rings is 1. The number of nitrogens with zero attached hydrogens (tertiary/aromatic N) is 3. The van der Waals surface area contributed by atoms with Gasteiger partial charge in [0.2, 0.25) is 0 Å².